The lowest BCUT2D eigenvalue weighted by atomic mass is 10.1. The van der Waals surface area contributed by atoms with E-state index < -0.39 is 5.82 Å². The van der Waals surface area contributed by atoms with Crippen molar-refractivity contribution in [3.63, 3.8) is 0 Å². The molecule has 1 aromatic carbocycles. The van der Waals surface area contributed by atoms with E-state index >= 15 is 0 Å². The van der Waals surface area contributed by atoms with Crippen LogP contribution in [0.2, 0.25) is 0 Å². The molecule has 2 atom stereocenters. The number of nitrogens with zero attached hydrogens (tertiary/aromatic N) is 1. The molecular formula is C15H18BrFN2O2. The molecule has 0 radical (unpaired) electrons. The van der Waals surface area contributed by atoms with Crippen molar-refractivity contribution < 1.29 is 13.9 Å². The van der Waals surface area contributed by atoms with Crippen LogP contribution in [0.1, 0.15) is 23.2 Å². The number of ether oxygens (including phenoxy) is 1. The van der Waals surface area contributed by atoms with E-state index in [0.29, 0.717) is 22.6 Å². The van der Waals surface area contributed by atoms with Crippen LogP contribution in [0.25, 0.3) is 0 Å². The van der Waals surface area contributed by atoms with E-state index in [1.807, 2.05) is 0 Å². The highest BCUT2D eigenvalue weighted by Gasteiger charge is 2.32. The molecule has 0 aromatic heterocycles. The Morgan fingerprint density at radius 2 is 2.33 bits per heavy atom. The summed E-state index contributed by atoms with van der Waals surface area (Å²) in [7, 11) is 0. The third-order valence-corrected chi connectivity index (χ3v) is 4.53. The molecule has 1 amide bonds. The molecule has 21 heavy (non-hydrogen) atoms. The van der Waals surface area contributed by atoms with E-state index in [2.05, 4.69) is 26.1 Å². The molecule has 2 fully saturated rings. The molecule has 4 nitrogen and oxygen atoms in total. The summed E-state index contributed by atoms with van der Waals surface area (Å²) in [5.74, 6) is -0.703. The zero-order valence-electron chi connectivity index (χ0n) is 11.6. The minimum absolute atomic E-state index is 0.0142. The molecule has 2 heterocycles. The SMILES string of the molecule is O=C(NC[C@@H]1CN2CCC[C@@H]2CO1)c1cc(F)cc(Br)c1. The number of amides is 1. The summed E-state index contributed by atoms with van der Waals surface area (Å²) in [6.07, 6.45) is 2.45. The van der Waals surface area contributed by atoms with Gasteiger partial charge in [0.25, 0.3) is 5.91 Å². The summed E-state index contributed by atoms with van der Waals surface area (Å²) < 4.78 is 19.6. The number of morpholine rings is 1. The number of hydrogen-bond donors (Lipinski definition) is 1. The molecule has 2 saturated heterocycles. The Balaban J connectivity index is 1.53. The van der Waals surface area contributed by atoms with Gasteiger partial charge in [-0.15, -0.1) is 0 Å². The Morgan fingerprint density at radius 1 is 1.48 bits per heavy atom. The van der Waals surface area contributed by atoms with Crippen molar-refractivity contribution >= 4 is 21.8 Å². The Morgan fingerprint density at radius 3 is 3.14 bits per heavy atom. The number of benzene rings is 1. The summed E-state index contributed by atoms with van der Waals surface area (Å²) in [5, 5.41) is 2.82. The van der Waals surface area contributed by atoms with E-state index in [9.17, 15) is 9.18 Å². The van der Waals surface area contributed by atoms with E-state index in [-0.39, 0.29) is 12.0 Å². The molecule has 2 aliphatic heterocycles. The maximum Gasteiger partial charge on any atom is 0.251 e. The first-order valence-electron chi connectivity index (χ1n) is 7.22. The van der Waals surface area contributed by atoms with E-state index in [1.54, 1.807) is 6.07 Å². The average molecular weight is 357 g/mol. The lowest BCUT2D eigenvalue weighted by Gasteiger charge is -2.35. The van der Waals surface area contributed by atoms with Gasteiger partial charge in [0.15, 0.2) is 0 Å². The van der Waals surface area contributed by atoms with Crippen molar-refractivity contribution in [3.8, 4) is 0 Å². The van der Waals surface area contributed by atoms with Gasteiger partial charge in [0, 0.05) is 29.2 Å². The number of halogens is 2. The molecule has 1 N–H and O–H groups in total. The van der Waals surface area contributed by atoms with Crippen molar-refractivity contribution in [2.24, 2.45) is 0 Å². The summed E-state index contributed by atoms with van der Waals surface area (Å²) in [5.41, 5.74) is 0.316. The number of rotatable bonds is 3. The standard InChI is InChI=1S/C15H18BrFN2O2/c16-11-4-10(5-12(17)6-11)15(20)18-7-14-8-19-3-1-2-13(19)9-21-14/h4-6,13-14H,1-3,7-9H2,(H,18,20)/t13-,14-/m1/s1. The number of carbonyl (C=O) groups is 1. The van der Waals surface area contributed by atoms with Crippen molar-refractivity contribution in [2.45, 2.75) is 25.0 Å². The first-order valence-corrected chi connectivity index (χ1v) is 8.01. The summed E-state index contributed by atoms with van der Waals surface area (Å²) >= 11 is 3.19. The molecule has 0 saturated carbocycles. The van der Waals surface area contributed by atoms with E-state index in [1.165, 1.54) is 25.0 Å². The molecule has 0 bridgehead atoms. The Hall–Kier alpha value is -0.980. The molecule has 0 spiro atoms. The third-order valence-electron chi connectivity index (χ3n) is 4.08. The van der Waals surface area contributed by atoms with Crippen LogP contribution in [0.15, 0.2) is 22.7 Å². The number of hydrogen-bond acceptors (Lipinski definition) is 3. The predicted octanol–water partition coefficient (Wildman–Crippen LogP) is 2.18. The fourth-order valence-electron chi connectivity index (χ4n) is 3.00. The normalized spacial score (nSPS) is 25.6. The number of nitrogens with one attached hydrogen (secondary N) is 1. The molecule has 2 aliphatic rings. The number of carbonyl (C=O) groups excluding carboxylic acids is 1. The van der Waals surface area contributed by atoms with Gasteiger partial charge in [0.05, 0.1) is 12.7 Å². The Labute approximate surface area is 131 Å². The fourth-order valence-corrected chi connectivity index (χ4v) is 3.47. The van der Waals surface area contributed by atoms with Crippen molar-refractivity contribution in [3.05, 3.63) is 34.1 Å². The maximum absolute atomic E-state index is 13.3. The van der Waals surface area contributed by atoms with Gasteiger partial charge in [0.2, 0.25) is 0 Å². The predicted molar refractivity (Wildman–Crippen MR) is 80.8 cm³/mol. The van der Waals surface area contributed by atoms with Crippen LogP contribution in [-0.2, 0) is 4.74 Å². The van der Waals surface area contributed by atoms with Gasteiger partial charge in [-0.1, -0.05) is 15.9 Å². The third kappa shape index (κ3) is 3.62. The molecule has 0 unspecified atom stereocenters. The topological polar surface area (TPSA) is 41.6 Å². The van der Waals surface area contributed by atoms with Crippen LogP contribution < -0.4 is 5.32 Å². The van der Waals surface area contributed by atoms with Crippen molar-refractivity contribution in [2.75, 3.05) is 26.2 Å². The zero-order valence-corrected chi connectivity index (χ0v) is 13.2. The monoisotopic (exact) mass is 356 g/mol. The molecule has 3 rings (SSSR count). The van der Waals surface area contributed by atoms with Crippen LogP contribution in [0, 0.1) is 5.82 Å². The highest BCUT2D eigenvalue weighted by Crippen LogP contribution is 2.22. The van der Waals surface area contributed by atoms with Gasteiger partial charge in [-0.05, 0) is 37.6 Å². The van der Waals surface area contributed by atoms with Crippen LogP contribution in [0.3, 0.4) is 0 Å². The second-order valence-corrected chi connectivity index (χ2v) is 6.53. The second-order valence-electron chi connectivity index (χ2n) is 5.61. The van der Waals surface area contributed by atoms with Gasteiger partial charge in [0.1, 0.15) is 5.82 Å². The lowest BCUT2D eigenvalue weighted by molar-refractivity contribution is -0.0461. The zero-order chi connectivity index (χ0) is 14.8. The largest absolute Gasteiger partial charge is 0.373 e. The van der Waals surface area contributed by atoms with Gasteiger partial charge < -0.3 is 10.1 Å². The minimum atomic E-state index is -0.427. The summed E-state index contributed by atoms with van der Waals surface area (Å²) in [4.78, 5) is 14.5. The lowest BCUT2D eigenvalue weighted by Crippen LogP contribution is -2.50. The average Bonchev–Trinajstić information content (AvgIpc) is 2.91. The van der Waals surface area contributed by atoms with Gasteiger partial charge in [-0.3, -0.25) is 9.69 Å². The first kappa shape index (κ1) is 14.9. The van der Waals surface area contributed by atoms with Gasteiger partial charge in [-0.25, -0.2) is 4.39 Å². The smallest absolute Gasteiger partial charge is 0.251 e. The van der Waals surface area contributed by atoms with Crippen LogP contribution >= 0.6 is 15.9 Å². The number of fused-ring (bicyclic) bond motifs is 1. The second kappa shape index (κ2) is 6.42. The quantitative estimate of drug-likeness (QED) is 0.902. The Kier molecular flexibility index (Phi) is 4.57. The first-order chi connectivity index (χ1) is 10.1. The Bertz CT molecular complexity index is 520. The van der Waals surface area contributed by atoms with Crippen LogP contribution in [0.5, 0.6) is 0 Å². The van der Waals surface area contributed by atoms with Crippen LogP contribution in [0.4, 0.5) is 4.39 Å². The highest BCUT2D eigenvalue weighted by atomic mass is 79.9. The van der Waals surface area contributed by atoms with Crippen molar-refractivity contribution in [1.82, 2.24) is 10.2 Å². The molecule has 0 aliphatic carbocycles. The van der Waals surface area contributed by atoms with Gasteiger partial charge in [-0.2, -0.15) is 0 Å². The summed E-state index contributed by atoms with van der Waals surface area (Å²) in [6.45, 7) is 3.18. The van der Waals surface area contributed by atoms with E-state index in [0.717, 1.165) is 19.7 Å². The highest BCUT2D eigenvalue weighted by molar-refractivity contribution is 9.10. The van der Waals surface area contributed by atoms with Crippen molar-refractivity contribution in [1.29, 1.82) is 0 Å². The van der Waals surface area contributed by atoms with E-state index in [4.69, 9.17) is 4.74 Å². The molecular weight excluding hydrogens is 339 g/mol. The molecule has 1 aromatic rings. The van der Waals surface area contributed by atoms with Gasteiger partial charge >= 0.3 is 0 Å². The van der Waals surface area contributed by atoms with Crippen LogP contribution in [-0.4, -0.2) is 49.2 Å². The summed E-state index contributed by atoms with van der Waals surface area (Å²) in [6, 6.07) is 4.72. The molecule has 114 valence electrons. The fraction of sp³-hybridized carbons (Fsp3) is 0.533. The molecule has 6 heteroatoms. The minimum Gasteiger partial charge on any atom is -0.373 e. The maximum atomic E-state index is 13.3.